The highest BCUT2D eigenvalue weighted by molar-refractivity contribution is 7.80. The second kappa shape index (κ2) is 7.45. The molecule has 0 aliphatic rings. The van der Waals surface area contributed by atoms with Crippen molar-refractivity contribution in [3.05, 3.63) is 16.5 Å². The van der Waals surface area contributed by atoms with Crippen LogP contribution in [0.15, 0.2) is 5.38 Å². The van der Waals surface area contributed by atoms with Crippen LogP contribution in [0.2, 0.25) is 0 Å². The zero-order chi connectivity index (χ0) is 14.4. The van der Waals surface area contributed by atoms with Gasteiger partial charge < -0.3 is 15.4 Å². The quantitative estimate of drug-likeness (QED) is 0.646. The van der Waals surface area contributed by atoms with E-state index in [4.69, 9.17) is 17.0 Å². The highest BCUT2D eigenvalue weighted by Gasteiger charge is 2.20. The van der Waals surface area contributed by atoms with Crippen molar-refractivity contribution in [2.75, 3.05) is 19.0 Å². The van der Waals surface area contributed by atoms with Crippen molar-refractivity contribution in [1.82, 2.24) is 5.32 Å². The minimum atomic E-state index is -0.321. The minimum Gasteiger partial charge on any atom is -0.465 e. The van der Waals surface area contributed by atoms with Crippen molar-refractivity contribution < 1.29 is 9.53 Å². The number of esters is 1. The first kappa shape index (κ1) is 15.9. The Hall–Kier alpha value is -1.14. The molecule has 1 aromatic rings. The Morgan fingerprint density at radius 2 is 2.21 bits per heavy atom. The van der Waals surface area contributed by atoms with Gasteiger partial charge in [-0.05, 0) is 42.4 Å². The molecule has 0 aromatic carbocycles. The second-order valence-corrected chi connectivity index (χ2v) is 5.83. The molecule has 106 valence electrons. The van der Waals surface area contributed by atoms with Crippen molar-refractivity contribution in [1.29, 1.82) is 0 Å². The van der Waals surface area contributed by atoms with E-state index in [1.807, 2.05) is 12.3 Å². The molecule has 0 atom stereocenters. The summed E-state index contributed by atoms with van der Waals surface area (Å²) in [7, 11) is 1.39. The first-order valence-electron chi connectivity index (χ1n) is 6.23. The highest BCUT2D eigenvalue weighted by atomic mass is 32.1. The summed E-state index contributed by atoms with van der Waals surface area (Å²) in [6.07, 6.45) is 0.844. The van der Waals surface area contributed by atoms with Gasteiger partial charge in [0.15, 0.2) is 5.11 Å². The van der Waals surface area contributed by atoms with Crippen molar-refractivity contribution in [2.45, 2.75) is 27.2 Å². The molecular formula is C13H20N2O2S2. The molecule has 1 heterocycles. The van der Waals surface area contributed by atoms with E-state index in [-0.39, 0.29) is 5.97 Å². The lowest BCUT2D eigenvalue weighted by atomic mass is 10.0. The molecule has 0 aliphatic heterocycles. The molecule has 4 nitrogen and oxygen atoms in total. The number of carbonyl (C=O) groups is 1. The number of thiocarbonyl (C=S) groups is 1. The summed E-state index contributed by atoms with van der Waals surface area (Å²) in [5.74, 6) is 0.158. The zero-order valence-electron chi connectivity index (χ0n) is 11.7. The molecule has 2 N–H and O–H groups in total. The molecule has 19 heavy (non-hydrogen) atoms. The molecule has 0 fully saturated rings. The van der Waals surface area contributed by atoms with Gasteiger partial charge in [-0.1, -0.05) is 13.8 Å². The Balaban J connectivity index is 3.00. The average molecular weight is 300 g/mol. The van der Waals surface area contributed by atoms with E-state index in [1.54, 1.807) is 0 Å². The van der Waals surface area contributed by atoms with Crippen LogP contribution in [0.5, 0.6) is 0 Å². The Morgan fingerprint density at radius 1 is 1.53 bits per heavy atom. The molecule has 0 amide bonds. The van der Waals surface area contributed by atoms with Gasteiger partial charge in [0.1, 0.15) is 5.00 Å². The van der Waals surface area contributed by atoms with Crippen LogP contribution in [0, 0.1) is 5.92 Å². The van der Waals surface area contributed by atoms with Crippen LogP contribution >= 0.6 is 23.6 Å². The number of nitrogens with one attached hydrogen (secondary N) is 2. The lowest BCUT2D eigenvalue weighted by Crippen LogP contribution is -2.28. The first-order valence-corrected chi connectivity index (χ1v) is 7.51. The van der Waals surface area contributed by atoms with Gasteiger partial charge >= 0.3 is 5.97 Å². The molecule has 1 aromatic heterocycles. The van der Waals surface area contributed by atoms with Crippen LogP contribution in [0.25, 0.3) is 0 Å². The lowest BCUT2D eigenvalue weighted by molar-refractivity contribution is 0.0601. The third kappa shape index (κ3) is 4.47. The maximum atomic E-state index is 11.9. The van der Waals surface area contributed by atoms with Gasteiger partial charge in [-0.2, -0.15) is 0 Å². The Morgan fingerprint density at radius 3 is 2.74 bits per heavy atom. The van der Waals surface area contributed by atoms with E-state index < -0.39 is 0 Å². The first-order chi connectivity index (χ1) is 8.99. The summed E-state index contributed by atoms with van der Waals surface area (Å²) in [5.41, 5.74) is 1.61. The number of hydrogen-bond acceptors (Lipinski definition) is 4. The number of methoxy groups -OCH3 is 1. The number of hydrogen-bond donors (Lipinski definition) is 2. The summed E-state index contributed by atoms with van der Waals surface area (Å²) < 4.78 is 4.86. The smallest absolute Gasteiger partial charge is 0.341 e. The number of anilines is 1. The van der Waals surface area contributed by atoms with Gasteiger partial charge in [0.25, 0.3) is 0 Å². The van der Waals surface area contributed by atoms with E-state index in [1.165, 1.54) is 18.4 Å². The van der Waals surface area contributed by atoms with Crippen LogP contribution in [0.4, 0.5) is 5.00 Å². The van der Waals surface area contributed by atoms with Gasteiger partial charge in [0.05, 0.1) is 12.7 Å². The largest absolute Gasteiger partial charge is 0.465 e. The fourth-order valence-corrected chi connectivity index (χ4v) is 2.99. The normalized spacial score (nSPS) is 10.4. The third-order valence-corrected chi connectivity index (χ3v) is 3.64. The molecule has 0 saturated carbocycles. The lowest BCUT2D eigenvalue weighted by Gasteiger charge is -2.10. The minimum absolute atomic E-state index is 0.321. The third-order valence-electron chi connectivity index (χ3n) is 2.45. The summed E-state index contributed by atoms with van der Waals surface area (Å²) in [6, 6.07) is 0. The van der Waals surface area contributed by atoms with Crippen molar-refractivity contribution in [3.63, 3.8) is 0 Å². The predicted octanol–water partition coefficient (Wildman–Crippen LogP) is 3.04. The van der Waals surface area contributed by atoms with E-state index in [2.05, 4.69) is 24.5 Å². The van der Waals surface area contributed by atoms with E-state index >= 15 is 0 Å². The zero-order valence-corrected chi connectivity index (χ0v) is 13.3. The highest BCUT2D eigenvalue weighted by Crippen LogP contribution is 2.30. The number of thiophene rings is 1. The van der Waals surface area contributed by atoms with Gasteiger partial charge in [-0.25, -0.2) is 4.79 Å². The number of ether oxygens (including phenoxy) is 1. The molecule has 0 aliphatic carbocycles. The second-order valence-electron chi connectivity index (χ2n) is 4.54. The van der Waals surface area contributed by atoms with Crippen LogP contribution in [-0.4, -0.2) is 24.7 Å². The number of rotatable bonds is 5. The molecule has 0 unspecified atom stereocenters. The van der Waals surface area contributed by atoms with Crippen LogP contribution in [-0.2, 0) is 11.2 Å². The molecule has 0 saturated heterocycles. The van der Waals surface area contributed by atoms with Gasteiger partial charge in [-0.15, -0.1) is 11.3 Å². The molecular weight excluding hydrogens is 280 g/mol. The van der Waals surface area contributed by atoms with Crippen molar-refractivity contribution in [2.24, 2.45) is 5.92 Å². The Labute approximate surface area is 123 Å². The summed E-state index contributed by atoms with van der Waals surface area (Å²) in [4.78, 5) is 11.9. The summed E-state index contributed by atoms with van der Waals surface area (Å²) in [6.45, 7) is 6.95. The summed E-state index contributed by atoms with van der Waals surface area (Å²) >= 11 is 6.62. The Bertz CT molecular complexity index is 455. The fourth-order valence-electron chi connectivity index (χ4n) is 1.71. The standard InChI is InChI=1S/C13H20N2O2S2/c1-5-14-13(18)15-11-10(12(16)17-4)9(7-19-11)6-8(2)3/h7-8H,5-6H2,1-4H3,(H2,14,15,18). The SMILES string of the molecule is CCNC(=S)Nc1scc(CC(C)C)c1C(=O)OC. The molecule has 0 bridgehead atoms. The van der Waals surface area contributed by atoms with Crippen LogP contribution in [0.1, 0.15) is 36.7 Å². The van der Waals surface area contributed by atoms with Gasteiger partial charge in [0.2, 0.25) is 0 Å². The van der Waals surface area contributed by atoms with Gasteiger partial charge in [-0.3, -0.25) is 0 Å². The predicted molar refractivity (Wildman–Crippen MR) is 84.1 cm³/mol. The maximum absolute atomic E-state index is 11.9. The van der Waals surface area contributed by atoms with E-state index in [0.717, 1.165) is 23.5 Å². The molecule has 0 spiro atoms. The van der Waals surface area contributed by atoms with Crippen molar-refractivity contribution >= 4 is 39.6 Å². The summed E-state index contributed by atoms with van der Waals surface area (Å²) in [5, 5.41) is 9.31. The molecule has 6 heteroatoms. The molecule has 1 rings (SSSR count). The fraction of sp³-hybridized carbons (Fsp3) is 0.538. The van der Waals surface area contributed by atoms with Crippen LogP contribution in [0.3, 0.4) is 0 Å². The van der Waals surface area contributed by atoms with Crippen LogP contribution < -0.4 is 10.6 Å². The van der Waals surface area contributed by atoms with E-state index in [0.29, 0.717) is 16.6 Å². The maximum Gasteiger partial charge on any atom is 0.341 e. The topological polar surface area (TPSA) is 50.4 Å². The average Bonchev–Trinajstić information content (AvgIpc) is 2.70. The monoisotopic (exact) mass is 300 g/mol. The van der Waals surface area contributed by atoms with Gasteiger partial charge in [0, 0.05) is 6.54 Å². The van der Waals surface area contributed by atoms with Crippen molar-refractivity contribution in [3.8, 4) is 0 Å². The number of carbonyl (C=O) groups excluding carboxylic acids is 1. The molecule has 0 radical (unpaired) electrons. The van der Waals surface area contributed by atoms with E-state index in [9.17, 15) is 4.79 Å². The Kier molecular flexibility index (Phi) is 6.24.